The number of hydrogen-bond donors (Lipinski definition) is 0. The Hall–Kier alpha value is -0.210. The molecule has 0 nitrogen and oxygen atoms in total. The maximum atomic E-state index is 13.1. The van der Waals surface area contributed by atoms with E-state index in [4.69, 9.17) is 0 Å². The van der Waals surface area contributed by atoms with Gasteiger partial charge in [-0.05, 0) is 6.42 Å². The van der Waals surface area contributed by atoms with Crippen LogP contribution in [0.15, 0.2) is 0 Å². The van der Waals surface area contributed by atoms with E-state index in [1.165, 1.54) is 20.8 Å². The fourth-order valence-electron chi connectivity index (χ4n) is 1.10. The summed E-state index contributed by atoms with van der Waals surface area (Å²) in [5.74, 6) is -3.88. The van der Waals surface area contributed by atoms with Crippen LogP contribution in [0.1, 0.15) is 27.2 Å². The number of alkyl halides is 3. The van der Waals surface area contributed by atoms with Gasteiger partial charge in [0, 0.05) is 5.41 Å². The summed E-state index contributed by atoms with van der Waals surface area (Å²) >= 11 is 0. The van der Waals surface area contributed by atoms with E-state index in [-0.39, 0.29) is 6.42 Å². The van der Waals surface area contributed by atoms with E-state index in [9.17, 15) is 13.2 Å². The van der Waals surface area contributed by atoms with Crippen LogP contribution in [-0.4, -0.2) is 12.1 Å². The molecule has 11 heavy (non-hydrogen) atoms. The summed E-state index contributed by atoms with van der Waals surface area (Å²) in [6.45, 7) is 4.33. The van der Waals surface area contributed by atoms with Gasteiger partial charge in [-0.2, -0.15) is 0 Å². The lowest BCUT2D eigenvalue weighted by atomic mass is 9.85. The van der Waals surface area contributed by atoms with Gasteiger partial charge in [0.25, 0.3) is 5.92 Å². The van der Waals surface area contributed by atoms with Crippen molar-refractivity contribution in [1.82, 2.24) is 0 Å². The van der Waals surface area contributed by atoms with Gasteiger partial charge in [0.1, 0.15) is 6.17 Å². The van der Waals surface area contributed by atoms with E-state index in [0.717, 1.165) is 0 Å². The third-order valence-corrected chi connectivity index (χ3v) is 2.18. The second kappa shape index (κ2) is 2.14. The molecule has 1 aliphatic rings. The van der Waals surface area contributed by atoms with Crippen LogP contribution in [0, 0.1) is 11.3 Å². The molecule has 1 aliphatic carbocycles. The smallest absolute Gasteiger partial charge is 0.247 e. The first-order chi connectivity index (χ1) is 4.77. The van der Waals surface area contributed by atoms with E-state index >= 15 is 0 Å². The number of halogens is 3. The zero-order valence-electron chi connectivity index (χ0n) is 7.00. The van der Waals surface area contributed by atoms with Gasteiger partial charge in [0.15, 0.2) is 0 Å². The van der Waals surface area contributed by atoms with Gasteiger partial charge in [0.05, 0.1) is 5.92 Å². The molecule has 66 valence electrons. The van der Waals surface area contributed by atoms with Crippen molar-refractivity contribution in [1.29, 1.82) is 0 Å². The lowest BCUT2D eigenvalue weighted by Crippen LogP contribution is -2.36. The summed E-state index contributed by atoms with van der Waals surface area (Å²) in [7, 11) is 0. The fourth-order valence-corrected chi connectivity index (χ4v) is 1.10. The Labute approximate surface area is 64.8 Å². The Morgan fingerprint density at radius 1 is 1.18 bits per heavy atom. The molecule has 0 aromatic heterocycles. The minimum atomic E-state index is -2.85. The van der Waals surface area contributed by atoms with Gasteiger partial charge in [-0.3, -0.25) is 0 Å². The predicted molar refractivity (Wildman–Crippen MR) is 37.4 cm³/mol. The number of rotatable bonds is 1. The molecule has 1 saturated carbocycles. The molecule has 2 unspecified atom stereocenters. The van der Waals surface area contributed by atoms with Crippen LogP contribution in [0.2, 0.25) is 0 Å². The monoisotopic (exact) mass is 166 g/mol. The van der Waals surface area contributed by atoms with Crippen molar-refractivity contribution in [3.05, 3.63) is 0 Å². The fraction of sp³-hybridized carbons (Fsp3) is 1.00. The summed E-state index contributed by atoms with van der Waals surface area (Å²) < 4.78 is 38.6. The molecule has 0 aromatic carbocycles. The number of hydrogen-bond acceptors (Lipinski definition) is 0. The standard InChI is InChI=1S/C8H13F3/c1-7(2,3)8(10,11)5-4-6(5)9/h5-6H,4H2,1-3H3. The Morgan fingerprint density at radius 3 is 1.64 bits per heavy atom. The molecule has 0 aliphatic heterocycles. The van der Waals surface area contributed by atoms with Crippen molar-refractivity contribution in [2.45, 2.75) is 39.3 Å². The Bertz CT molecular complexity index is 157. The highest BCUT2D eigenvalue weighted by molar-refractivity contribution is 5.01. The first-order valence-electron chi connectivity index (χ1n) is 3.78. The van der Waals surface area contributed by atoms with Crippen LogP contribution in [0.4, 0.5) is 13.2 Å². The molecule has 0 bridgehead atoms. The Balaban J connectivity index is 2.67. The van der Waals surface area contributed by atoms with Crippen LogP contribution >= 0.6 is 0 Å². The maximum Gasteiger partial charge on any atom is 0.258 e. The summed E-state index contributed by atoms with van der Waals surface area (Å²) in [5.41, 5.74) is -1.11. The zero-order chi connectivity index (χ0) is 8.86. The van der Waals surface area contributed by atoms with Crippen molar-refractivity contribution in [3.63, 3.8) is 0 Å². The average molecular weight is 166 g/mol. The normalized spacial score (nSPS) is 32.2. The molecule has 0 N–H and O–H groups in total. The minimum Gasteiger partial charge on any atom is -0.247 e. The van der Waals surface area contributed by atoms with Gasteiger partial charge >= 0.3 is 0 Å². The minimum absolute atomic E-state index is 0.0320. The third-order valence-electron chi connectivity index (χ3n) is 2.18. The second-order valence-electron chi connectivity index (χ2n) is 4.23. The van der Waals surface area contributed by atoms with Gasteiger partial charge in [-0.25, -0.2) is 13.2 Å². The van der Waals surface area contributed by atoms with Crippen molar-refractivity contribution in [2.75, 3.05) is 0 Å². The van der Waals surface area contributed by atoms with Crippen molar-refractivity contribution >= 4 is 0 Å². The highest BCUT2D eigenvalue weighted by atomic mass is 19.3. The lowest BCUT2D eigenvalue weighted by Gasteiger charge is -2.30. The molecular weight excluding hydrogens is 153 g/mol. The second-order valence-corrected chi connectivity index (χ2v) is 4.23. The van der Waals surface area contributed by atoms with Crippen molar-refractivity contribution in [2.24, 2.45) is 11.3 Å². The molecule has 0 radical (unpaired) electrons. The maximum absolute atomic E-state index is 13.1. The molecule has 0 spiro atoms. The SMILES string of the molecule is CC(C)(C)C(F)(F)C1CC1F. The zero-order valence-corrected chi connectivity index (χ0v) is 7.00. The van der Waals surface area contributed by atoms with E-state index in [2.05, 4.69) is 0 Å². The Morgan fingerprint density at radius 2 is 1.55 bits per heavy atom. The summed E-state index contributed by atoms with van der Waals surface area (Å²) in [5, 5.41) is 0. The lowest BCUT2D eigenvalue weighted by molar-refractivity contribution is -0.119. The van der Waals surface area contributed by atoms with Gasteiger partial charge < -0.3 is 0 Å². The Kier molecular flexibility index (Phi) is 1.73. The van der Waals surface area contributed by atoms with Gasteiger partial charge in [-0.15, -0.1) is 0 Å². The van der Waals surface area contributed by atoms with E-state index < -0.39 is 23.4 Å². The van der Waals surface area contributed by atoms with Crippen molar-refractivity contribution in [3.8, 4) is 0 Å². The molecule has 2 atom stereocenters. The van der Waals surface area contributed by atoms with E-state index in [1.54, 1.807) is 0 Å². The van der Waals surface area contributed by atoms with Crippen LogP contribution in [0.25, 0.3) is 0 Å². The van der Waals surface area contributed by atoms with E-state index in [0.29, 0.717) is 0 Å². The van der Waals surface area contributed by atoms with Crippen LogP contribution in [0.3, 0.4) is 0 Å². The van der Waals surface area contributed by atoms with Crippen molar-refractivity contribution < 1.29 is 13.2 Å². The first-order valence-corrected chi connectivity index (χ1v) is 3.78. The first kappa shape index (κ1) is 8.88. The van der Waals surface area contributed by atoms with Gasteiger partial charge in [0.2, 0.25) is 0 Å². The predicted octanol–water partition coefficient (Wildman–Crippen LogP) is 3.03. The quantitative estimate of drug-likeness (QED) is 0.561. The van der Waals surface area contributed by atoms with Gasteiger partial charge in [-0.1, -0.05) is 20.8 Å². The molecule has 1 fully saturated rings. The summed E-state index contributed by atoms with van der Waals surface area (Å²) in [6.07, 6.45) is -1.24. The van der Waals surface area contributed by atoms with Crippen LogP contribution in [-0.2, 0) is 0 Å². The highest BCUT2D eigenvalue weighted by Crippen LogP contribution is 2.53. The van der Waals surface area contributed by atoms with Crippen LogP contribution in [0.5, 0.6) is 0 Å². The molecule has 1 rings (SSSR count). The molecule has 3 heteroatoms. The summed E-state index contributed by atoms with van der Waals surface area (Å²) in [6, 6.07) is 0. The average Bonchev–Trinajstić information content (AvgIpc) is 2.43. The van der Waals surface area contributed by atoms with Crippen LogP contribution < -0.4 is 0 Å². The molecule has 0 saturated heterocycles. The topological polar surface area (TPSA) is 0 Å². The van der Waals surface area contributed by atoms with E-state index in [1.807, 2.05) is 0 Å². The molecule has 0 amide bonds. The summed E-state index contributed by atoms with van der Waals surface area (Å²) in [4.78, 5) is 0. The molecule has 0 aromatic rings. The molecule has 0 heterocycles. The highest BCUT2D eigenvalue weighted by Gasteiger charge is 2.60. The third kappa shape index (κ3) is 1.37. The molecular formula is C8H13F3. The largest absolute Gasteiger partial charge is 0.258 e.